The molecule has 0 N–H and O–H groups in total. The fourth-order valence-electron chi connectivity index (χ4n) is 3.75. The SMILES string of the molecule is COc1ccc([C@]2(C#N)CC[C@@H](C(=O)OC)CC2)c2nc(C(C)C)oc12. The number of hydrogen-bond donors (Lipinski definition) is 0. The van der Waals surface area contributed by atoms with Crippen molar-refractivity contribution in [3.8, 4) is 11.8 Å². The minimum Gasteiger partial charge on any atom is -0.493 e. The first-order valence-corrected chi connectivity index (χ1v) is 8.92. The third kappa shape index (κ3) is 2.92. The molecule has 0 radical (unpaired) electrons. The number of methoxy groups -OCH3 is 2. The van der Waals surface area contributed by atoms with Gasteiger partial charge in [0.05, 0.1) is 31.6 Å². The Labute approximate surface area is 153 Å². The lowest BCUT2D eigenvalue weighted by Crippen LogP contribution is -2.33. The summed E-state index contributed by atoms with van der Waals surface area (Å²) in [6.45, 7) is 4.02. The van der Waals surface area contributed by atoms with Crippen molar-refractivity contribution in [2.45, 2.75) is 50.9 Å². The Morgan fingerprint density at radius 1 is 1.35 bits per heavy atom. The normalized spacial score (nSPS) is 23.0. The average molecular weight is 356 g/mol. The Kier molecular flexibility index (Phi) is 4.90. The number of fused-ring (bicyclic) bond motifs is 1. The van der Waals surface area contributed by atoms with Crippen molar-refractivity contribution in [2.75, 3.05) is 14.2 Å². The first-order chi connectivity index (χ1) is 12.5. The second-order valence-corrected chi connectivity index (χ2v) is 7.19. The minimum absolute atomic E-state index is 0.132. The van der Waals surface area contributed by atoms with Crippen LogP contribution in [0.2, 0.25) is 0 Å². The second-order valence-electron chi connectivity index (χ2n) is 7.19. The summed E-state index contributed by atoms with van der Waals surface area (Å²) in [6.07, 6.45) is 2.44. The van der Waals surface area contributed by atoms with Crippen LogP contribution in [0.4, 0.5) is 0 Å². The first kappa shape index (κ1) is 18.2. The molecule has 0 amide bonds. The molecule has 0 unspecified atom stereocenters. The lowest BCUT2D eigenvalue weighted by molar-refractivity contribution is -0.146. The van der Waals surface area contributed by atoms with Crippen LogP contribution in [0, 0.1) is 17.2 Å². The van der Waals surface area contributed by atoms with Crippen molar-refractivity contribution in [3.63, 3.8) is 0 Å². The molecule has 26 heavy (non-hydrogen) atoms. The van der Waals surface area contributed by atoms with Gasteiger partial charge in [-0.25, -0.2) is 4.98 Å². The minimum atomic E-state index is -0.680. The molecule has 138 valence electrons. The van der Waals surface area contributed by atoms with Gasteiger partial charge in [0.1, 0.15) is 5.52 Å². The lowest BCUT2D eigenvalue weighted by Gasteiger charge is -2.34. The second kappa shape index (κ2) is 6.99. The van der Waals surface area contributed by atoms with Crippen LogP contribution in [0.25, 0.3) is 11.1 Å². The fourth-order valence-corrected chi connectivity index (χ4v) is 3.75. The van der Waals surface area contributed by atoms with Gasteiger partial charge in [-0.3, -0.25) is 4.79 Å². The van der Waals surface area contributed by atoms with E-state index in [1.165, 1.54) is 7.11 Å². The molecule has 1 aromatic heterocycles. The predicted molar refractivity (Wildman–Crippen MR) is 95.9 cm³/mol. The number of carbonyl (C=O) groups is 1. The summed E-state index contributed by atoms with van der Waals surface area (Å²) in [5, 5.41) is 10.0. The molecule has 0 saturated heterocycles. The molecule has 6 heteroatoms. The van der Waals surface area contributed by atoms with E-state index < -0.39 is 5.41 Å². The van der Waals surface area contributed by atoms with Crippen LogP contribution in [0.15, 0.2) is 16.5 Å². The standard InChI is InChI=1S/C20H24N2O4/c1-12(2)18-22-16-14(5-6-15(24-3)17(16)26-18)20(11-21)9-7-13(8-10-20)19(23)25-4/h5-6,12-13H,7-10H2,1-4H3/t13-,20-. The van der Waals surface area contributed by atoms with Crippen molar-refractivity contribution in [1.82, 2.24) is 4.98 Å². The predicted octanol–water partition coefficient (Wildman–Crippen LogP) is 4.08. The zero-order chi connectivity index (χ0) is 18.9. The molecule has 1 fully saturated rings. The van der Waals surface area contributed by atoms with E-state index in [0.717, 1.165) is 5.56 Å². The van der Waals surface area contributed by atoms with Crippen LogP contribution >= 0.6 is 0 Å². The number of esters is 1. The number of hydrogen-bond acceptors (Lipinski definition) is 6. The zero-order valence-corrected chi connectivity index (χ0v) is 15.7. The Morgan fingerprint density at radius 2 is 2.04 bits per heavy atom. The summed E-state index contributed by atoms with van der Waals surface area (Å²) in [7, 11) is 3.00. The molecule has 1 aliphatic carbocycles. The highest BCUT2D eigenvalue weighted by atomic mass is 16.5. The van der Waals surface area contributed by atoms with Gasteiger partial charge in [-0.2, -0.15) is 5.26 Å². The number of benzene rings is 1. The largest absolute Gasteiger partial charge is 0.493 e. The molecule has 6 nitrogen and oxygen atoms in total. The molecule has 0 atom stereocenters. The quantitative estimate of drug-likeness (QED) is 0.767. The molecular formula is C20H24N2O4. The third-order valence-electron chi connectivity index (χ3n) is 5.34. The molecule has 0 spiro atoms. The number of aromatic nitrogens is 1. The molecule has 1 aliphatic rings. The van der Waals surface area contributed by atoms with Crippen molar-refractivity contribution in [2.24, 2.45) is 5.92 Å². The van der Waals surface area contributed by atoms with Crippen LogP contribution in [-0.2, 0) is 14.9 Å². The van der Waals surface area contributed by atoms with Crippen molar-refractivity contribution in [3.05, 3.63) is 23.6 Å². The fraction of sp³-hybridized carbons (Fsp3) is 0.550. The van der Waals surface area contributed by atoms with E-state index in [2.05, 4.69) is 11.1 Å². The van der Waals surface area contributed by atoms with E-state index in [0.29, 0.717) is 48.4 Å². The first-order valence-electron chi connectivity index (χ1n) is 8.92. The number of nitriles is 1. The summed E-state index contributed by atoms with van der Waals surface area (Å²) in [5.41, 5.74) is 1.44. The van der Waals surface area contributed by atoms with Gasteiger partial charge in [0, 0.05) is 11.5 Å². The number of oxazole rings is 1. The molecule has 0 bridgehead atoms. The lowest BCUT2D eigenvalue weighted by atomic mass is 9.67. The topological polar surface area (TPSA) is 85.3 Å². The zero-order valence-electron chi connectivity index (χ0n) is 15.7. The van der Waals surface area contributed by atoms with Crippen molar-refractivity contribution < 1.29 is 18.7 Å². The summed E-state index contributed by atoms with van der Waals surface area (Å²) in [5.74, 6) is 1.04. The van der Waals surface area contributed by atoms with E-state index in [-0.39, 0.29) is 17.8 Å². The number of carbonyl (C=O) groups excluding carboxylic acids is 1. The number of ether oxygens (including phenoxy) is 2. The smallest absolute Gasteiger partial charge is 0.308 e. The molecule has 3 rings (SSSR count). The molecule has 1 saturated carbocycles. The van der Waals surface area contributed by atoms with Crippen molar-refractivity contribution >= 4 is 17.1 Å². The highest BCUT2D eigenvalue weighted by molar-refractivity contribution is 5.84. The summed E-state index contributed by atoms with van der Waals surface area (Å²) >= 11 is 0. The summed E-state index contributed by atoms with van der Waals surface area (Å²) in [4.78, 5) is 16.5. The van der Waals surface area contributed by atoms with Gasteiger partial charge in [0.2, 0.25) is 0 Å². The van der Waals surface area contributed by atoms with Gasteiger partial charge in [-0.05, 0) is 31.7 Å². The van der Waals surface area contributed by atoms with Gasteiger partial charge in [-0.15, -0.1) is 0 Å². The Balaban J connectivity index is 2.06. The Hall–Kier alpha value is -2.55. The molecule has 1 heterocycles. The number of nitrogens with zero attached hydrogens (tertiary/aromatic N) is 2. The molecular weight excluding hydrogens is 332 g/mol. The summed E-state index contributed by atoms with van der Waals surface area (Å²) < 4.78 is 16.2. The highest BCUT2D eigenvalue weighted by Crippen LogP contribution is 2.45. The van der Waals surface area contributed by atoms with Gasteiger partial charge in [0.15, 0.2) is 17.2 Å². The maximum Gasteiger partial charge on any atom is 0.308 e. The maximum absolute atomic E-state index is 11.8. The van der Waals surface area contributed by atoms with Crippen LogP contribution in [0.5, 0.6) is 5.75 Å². The van der Waals surface area contributed by atoms with Gasteiger partial charge >= 0.3 is 5.97 Å². The van der Waals surface area contributed by atoms with E-state index in [9.17, 15) is 10.1 Å². The van der Waals surface area contributed by atoms with Crippen LogP contribution in [0.3, 0.4) is 0 Å². The molecule has 2 aromatic rings. The Bertz CT molecular complexity index is 855. The van der Waals surface area contributed by atoms with Gasteiger partial charge in [0.25, 0.3) is 0 Å². The van der Waals surface area contributed by atoms with Crippen molar-refractivity contribution in [1.29, 1.82) is 5.26 Å². The number of rotatable bonds is 4. The van der Waals surface area contributed by atoms with E-state index in [1.807, 2.05) is 26.0 Å². The van der Waals surface area contributed by atoms with E-state index >= 15 is 0 Å². The molecule has 0 aliphatic heterocycles. The van der Waals surface area contributed by atoms with E-state index in [1.54, 1.807) is 7.11 Å². The van der Waals surface area contributed by atoms with Gasteiger partial charge < -0.3 is 13.9 Å². The monoisotopic (exact) mass is 356 g/mol. The van der Waals surface area contributed by atoms with Crippen LogP contribution in [0.1, 0.15) is 56.9 Å². The van der Waals surface area contributed by atoms with Gasteiger partial charge in [-0.1, -0.05) is 19.9 Å². The van der Waals surface area contributed by atoms with E-state index in [4.69, 9.17) is 13.9 Å². The van der Waals surface area contributed by atoms with Crippen LogP contribution in [-0.4, -0.2) is 25.2 Å². The molecule has 1 aromatic carbocycles. The van der Waals surface area contributed by atoms with Crippen LogP contribution < -0.4 is 4.74 Å². The third-order valence-corrected chi connectivity index (χ3v) is 5.34. The maximum atomic E-state index is 11.8. The summed E-state index contributed by atoms with van der Waals surface area (Å²) in [6, 6.07) is 6.25. The Morgan fingerprint density at radius 3 is 2.58 bits per heavy atom. The highest BCUT2D eigenvalue weighted by Gasteiger charge is 2.41. The average Bonchev–Trinajstić information content (AvgIpc) is 3.12.